The summed E-state index contributed by atoms with van der Waals surface area (Å²) in [7, 11) is 0. The van der Waals surface area contributed by atoms with Crippen molar-refractivity contribution >= 4 is 5.91 Å². The van der Waals surface area contributed by atoms with Crippen LogP contribution in [0.2, 0.25) is 0 Å². The van der Waals surface area contributed by atoms with Crippen molar-refractivity contribution in [1.82, 2.24) is 10.2 Å². The fourth-order valence-electron chi connectivity index (χ4n) is 2.29. The highest BCUT2D eigenvalue weighted by molar-refractivity contribution is 5.76. The van der Waals surface area contributed by atoms with E-state index < -0.39 is 0 Å². The van der Waals surface area contributed by atoms with Crippen LogP contribution in [-0.2, 0) is 9.53 Å². The van der Waals surface area contributed by atoms with E-state index in [1.54, 1.807) is 0 Å². The Hall–Kier alpha value is -0.610. The fraction of sp³-hybridized carbons (Fsp3) is 0.909. The Kier molecular flexibility index (Phi) is 3.97. The minimum atomic E-state index is 0.312. The number of nitrogens with one attached hydrogen (secondary N) is 1. The molecule has 1 atom stereocenters. The Bertz CT molecular complexity index is 209. The van der Waals surface area contributed by atoms with Gasteiger partial charge in [0.15, 0.2) is 0 Å². The number of amides is 1. The lowest BCUT2D eigenvalue weighted by molar-refractivity contribution is -0.136. The van der Waals surface area contributed by atoms with Crippen LogP contribution < -0.4 is 5.32 Å². The molecule has 0 aliphatic carbocycles. The standard InChI is InChI=1S/C11H20N2O2/c14-11(13-4-6-15-7-5-13)8-10-2-1-3-12-9-10/h10,12H,1-9H2/t10-/m1/s1. The predicted octanol–water partition coefficient (Wildman–Crippen LogP) is 0.235. The summed E-state index contributed by atoms with van der Waals surface area (Å²) in [6, 6.07) is 0. The smallest absolute Gasteiger partial charge is 0.223 e. The van der Waals surface area contributed by atoms with E-state index in [4.69, 9.17) is 4.74 Å². The summed E-state index contributed by atoms with van der Waals surface area (Å²) >= 11 is 0. The molecular formula is C11H20N2O2. The van der Waals surface area contributed by atoms with Crippen molar-refractivity contribution in [3.05, 3.63) is 0 Å². The van der Waals surface area contributed by atoms with E-state index in [-0.39, 0.29) is 0 Å². The first-order chi connectivity index (χ1) is 7.36. The van der Waals surface area contributed by atoms with Crippen molar-refractivity contribution in [3.8, 4) is 0 Å². The second-order valence-electron chi connectivity index (χ2n) is 4.41. The van der Waals surface area contributed by atoms with E-state index in [9.17, 15) is 4.79 Å². The summed E-state index contributed by atoms with van der Waals surface area (Å²) in [6.07, 6.45) is 3.12. The lowest BCUT2D eigenvalue weighted by atomic mass is 9.95. The number of ether oxygens (including phenoxy) is 1. The van der Waals surface area contributed by atoms with Crippen molar-refractivity contribution in [2.75, 3.05) is 39.4 Å². The quantitative estimate of drug-likeness (QED) is 0.712. The van der Waals surface area contributed by atoms with Gasteiger partial charge in [-0.25, -0.2) is 0 Å². The van der Waals surface area contributed by atoms with Crippen LogP contribution in [0.3, 0.4) is 0 Å². The Morgan fingerprint density at radius 3 is 2.87 bits per heavy atom. The molecule has 0 radical (unpaired) electrons. The van der Waals surface area contributed by atoms with E-state index in [0.29, 0.717) is 31.5 Å². The highest BCUT2D eigenvalue weighted by atomic mass is 16.5. The van der Waals surface area contributed by atoms with Crippen molar-refractivity contribution in [2.24, 2.45) is 5.92 Å². The van der Waals surface area contributed by atoms with Gasteiger partial charge in [0.2, 0.25) is 5.91 Å². The minimum absolute atomic E-state index is 0.312. The summed E-state index contributed by atoms with van der Waals surface area (Å²) in [5.41, 5.74) is 0. The lowest BCUT2D eigenvalue weighted by Crippen LogP contribution is -2.42. The Morgan fingerprint density at radius 2 is 2.20 bits per heavy atom. The lowest BCUT2D eigenvalue weighted by Gasteiger charge is -2.29. The van der Waals surface area contributed by atoms with Gasteiger partial charge in [-0.15, -0.1) is 0 Å². The van der Waals surface area contributed by atoms with Crippen LogP contribution in [0.15, 0.2) is 0 Å². The van der Waals surface area contributed by atoms with Gasteiger partial charge >= 0.3 is 0 Å². The largest absolute Gasteiger partial charge is 0.378 e. The molecular weight excluding hydrogens is 192 g/mol. The first-order valence-electron chi connectivity index (χ1n) is 5.92. The molecule has 2 fully saturated rings. The first-order valence-corrected chi connectivity index (χ1v) is 5.92. The van der Waals surface area contributed by atoms with Crippen LogP contribution in [-0.4, -0.2) is 50.2 Å². The molecule has 0 spiro atoms. The van der Waals surface area contributed by atoms with Gasteiger partial charge in [0.25, 0.3) is 0 Å². The molecule has 2 aliphatic rings. The van der Waals surface area contributed by atoms with Gasteiger partial charge in [0.05, 0.1) is 13.2 Å². The third-order valence-electron chi connectivity index (χ3n) is 3.23. The molecule has 0 bridgehead atoms. The molecule has 0 aromatic rings. The van der Waals surface area contributed by atoms with E-state index >= 15 is 0 Å². The summed E-state index contributed by atoms with van der Waals surface area (Å²) < 4.78 is 5.23. The zero-order valence-electron chi connectivity index (χ0n) is 9.21. The van der Waals surface area contributed by atoms with Crippen LogP contribution in [0.5, 0.6) is 0 Å². The number of hydrogen-bond acceptors (Lipinski definition) is 3. The number of carbonyl (C=O) groups excluding carboxylic acids is 1. The number of hydrogen-bond donors (Lipinski definition) is 1. The van der Waals surface area contributed by atoms with Gasteiger partial charge in [0.1, 0.15) is 0 Å². The third-order valence-corrected chi connectivity index (χ3v) is 3.23. The minimum Gasteiger partial charge on any atom is -0.378 e. The SMILES string of the molecule is O=C(C[C@H]1CCCNC1)N1CCOCC1. The summed E-state index contributed by atoms with van der Waals surface area (Å²) in [5.74, 6) is 0.862. The maximum Gasteiger partial charge on any atom is 0.223 e. The van der Waals surface area contributed by atoms with Crippen LogP contribution in [0.25, 0.3) is 0 Å². The molecule has 2 saturated heterocycles. The van der Waals surface area contributed by atoms with Gasteiger partial charge in [0, 0.05) is 19.5 Å². The predicted molar refractivity (Wildman–Crippen MR) is 57.6 cm³/mol. The van der Waals surface area contributed by atoms with Crippen molar-refractivity contribution in [3.63, 3.8) is 0 Å². The average Bonchev–Trinajstić information content (AvgIpc) is 2.31. The number of piperidine rings is 1. The monoisotopic (exact) mass is 212 g/mol. The van der Waals surface area contributed by atoms with Gasteiger partial charge < -0.3 is 15.0 Å². The molecule has 4 heteroatoms. The molecule has 2 rings (SSSR count). The molecule has 1 N–H and O–H groups in total. The van der Waals surface area contributed by atoms with Crippen LogP contribution >= 0.6 is 0 Å². The van der Waals surface area contributed by atoms with E-state index in [0.717, 1.165) is 26.2 Å². The van der Waals surface area contributed by atoms with E-state index in [2.05, 4.69) is 5.32 Å². The zero-order chi connectivity index (χ0) is 10.5. The van der Waals surface area contributed by atoms with Crippen molar-refractivity contribution in [1.29, 1.82) is 0 Å². The molecule has 2 aliphatic heterocycles. The van der Waals surface area contributed by atoms with E-state index in [1.165, 1.54) is 12.8 Å². The number of carbonyl (C=O) groups is 1. The normalized spacial score (nSPS) is 27.7. The topological polar surface area (TPSA) is 41.6 Å². The molecule has 0 aromatic carbocycles. The maximum atomic E-state index is 11.9. The van der Waals surface area contributed by atoms with Crippen molar-refractivity contribution < 1.29 is 9.53 Å². The summed E-state index contributed by atoms with van der Waals surface area (Å²) in [6.45, 7) is 5.08. The molecule has 0 saturated carbocycles. The molecule has 1 amide bonds. The molecule has 86 valence electrons. The Morgan fingerprint density at radius 1 is 1.40 bits per heavy atom. The van der Waals surface area contributed by atoms with Crippen molar-refractivity contribution in [2.45, 2.75) is 19.3 Å². The summed E-state index contributed by atoms with van der Waals surface area (Å²) in [4.78, 5) is 13.9. The summed E-state index contributed by atoms with van der Waals surface area (Å²) in [5, 5.41) is 3.35. The van der Waals surface area contributed by atoms with Gasteiger partial charge in [-0.05, 0) is 31.8 Å². The molecule has 0 aromatic heterocycles. The Balaban J connectivity index is 1.74. The average molecular weight is 212 g/mol. The second kappa shape index (κ2) is 5.47. The van der Waals surface area contributed by atoms with Crippen LogP contribution in [0.1, 0.15) is 19.3 Å². The van der Waals surface area contributed by atoms with Gasteiger partial charge in [-0.3, -0.25) is 4.79 Å². The second-order valence-corrected chi connectivity index (χ2v) is 4.41. The van der Waals surface area contributed by atoms with Gasteiger partial charge in [-0.2, -0.15) is 0 Å². The molecule has 0 unspecified atom stereocenters. The number of morpholine rings is 1. The van der Waals surface area contributed by atoms with Crippen LogP contribution in [0, 0.1) is 5.92 Å². The highest BCUT2D eigenvalue weighted by Crippen LogP contribution is 2.15. The zero-order valence-corrected chi connectivity index (χ0v) is 9.21. The Labute approximate surface area is 91.0 Å². The first kappa shape index (κ1) is 10.9. The third kappa shape index (κ3) is 3.18. The number of rotatable bonds is 2. The highest BCUT2D eigenvalue weighted by Gasteiger charge is 2.21. The van der Waals surface area contributed by atoms with Gasteiger partial charge in [-0.1, -0.05) is 0 Å². The molecule has 4 nitrogen and oxygen atoms in total. The molecule has 15 heavy (non-hydrogen) atoms. The fourth-order valence-corrected chi connectivity index (χ4v) is 2.29. The van der Waals surface area contributed by atoms with E-state index in [1.807, 2.05) is 4.90 Å². The maximum absolute atomic E-state index is 11.9. The van der Waals surface area contributed by atoms with Crippen LogP contribution in [0.4, 0.5) is 0 Å². The number of nitrogens with zero attached hydrogens (tertiary/aromatic N) is 1. The molecule has 2 heterocycles.